The summed E-state index contributed by atoms with van der Waals surface area (Å²) in [7, 11) is 1.58. The van der Waals surface area contributed by atoms with Crippen LogP contribution >= 0.6 is 7.82 Å². The molecule has 0 fully saturated rings. The lowest BCUT2D eigenvalue weighted by molar-refractivity contribution is -0.870. The minimum Gasteiger partial charge on any atom is -0.387 e. The number of likely N-dealkylation sites (N-methyl/N-ethyl adjacent to an activating group) is 1. The quantitative estimate of drug-likeness (QED) is 0.0243. The molecular weight excluding hydrogens is 924 g/mol. The summed E-state index contributed by atoms with van der Waals surface area (Å²) < 4.78 is 23.7. The second-order valence-corrected chi connectivity index (χ2v) is 24.6. The van der Waals surface area contributed by atoms with E-state index in [2.05, 4.69) is 43.5 Å². The summed E-state index contributed by atoms with van der Waals surface area (Å²) in [6.45, 7) is 4.85. The zero-order valence-electron chi connectivity index (χ0n) is 49.4. The predicted molar refractivity (Wildman–Crippen MR) is 318 cm³/mol. The Bertz CT molecular complexity index is 1280. The molecular formula is C64H126N2O6P+. The van der Waals surface area contributed by atoms with Gasteiger partial charge < -0.3 is 19.8 Å². The zero-order valence-corrected chi connectivity index (χ0v) is 50.3. The van der Waals surface area contributed by atoms with Crippen molar-refractivity contribution in [2.75, 3.05) is 40.9 Å². The van der Waals surface area contributed by atoms with E-state index < -0.39 is 20.0 Å². The SMILES string of the molecule is CCCCCCCCCCCCC/C=C\C/C=C\CCCCCCCCCCCCCCCCCCCC(=O)NC(COP(=O)(O)OCC[N+](C)(C)C)C(O)/C=C/CCCCCCCCCCCCCCCC. The van der Waals surface area contributed by atoms with Crippen LogP contribution in [0, 0.1) is 0 Å². The molecule has 0 aliphatic carbocycles. The maximum Gasteiger partial charge on any atom is 0.472 e. The number of allylic oxidation sites excluding steroid dienone is 5. The van der Waals surface area contributed by atoms with Gasteiger partial charge in [0.1, 0.15) is 13.2 Å². The van der Waals surface area contributed by atoms with Crippen LogP contribution in [0.4, 0.5) is 0 Å². The molecule has 0 aromatic heterocycles. The van der Waals surface area contributed by atoms with Gasteiger partial charge in [-0.05, 0) is 51.4 Å². The minimum absolute atomic E-state index is 0.0629. The molecule has 3 atom stereocenters. The van der Waals surface area contributed by atoms with E-state index >= 15 is 0 Å². The van der Waals surface area contributed by atoms with Crippen molar-refractivity contribution >= 4 is 13.7 Å². The summed E-state index contributed by atoms with van der Waals surface area (Å²) in [5, 5.41) is 13.9. The van der Waals surface area contributed by atoms with Gasteiger partial charge >= 0.3 is 7.82 Å². The molecule has 0 aromatic carbocycles. The first-order valence-electron chi connectivity index (χ1n) is 31.9. The molecule has 0 spiro atoms. The maximum atomic E-state index is 13.0. The van der Waals surface area contributed by atoms with Gasteiger partial charge in [0.25, 0.3) is 0 Å². The van der Waals surface area contributed by atoms with E-state index in [1.807, 2.05) is 27.2 Å². The third-order valence-corrected chi connectivity index (χ3v) is 15.6. The summed E-state index contributed by atoms with van der Waals surface area (Å²) in [6.07, 6.45) is 72.7. The molecule has 0 heterocycles. The summed E-state index contributed by atoms with van der Waals surface area (Å²) >= 11 is 0. The average Bonchev–Trinajstić information content (AvgIpc) is 3.35. The normalized spacial score (nSPS) is 14.0. The topological polar surface area (TPSA) is 105 Å². The first kappa shape index (κ1) is 71.7. The summed E-state index contributed by atoms with van der Waals surface area (Å²) in [6, 6.07) is -0.845. The van der Waals surface area contributed by atoms with Crippen LogP contribution in [0.3, 0.4) is 0 Å². The molecule has 0 aliphatic heterocycles. The van der Waals surface area contributed by atoms with Crippen molar-refractivity contribution in [1.82, 2.24) is 5.32 Å². The molecule has 3 unspecified atom stereocenters. The Kier molecular flexibility index (Phi) is 54.5. The van der Waals surface area contributed by atoms with Crippen molar-refractivity contribution in [1.29, 1.82) is 0 Å². The van der Waals surface area contributed by atoms with Crippen LogP contribution in [-0.2, 0) is 18.4 Å². The van der Waals surface area contributed by atoms with Crippen LogP contribution in [0.5, 0.6) is 0 Å². The van der Waals surface area contributed by atoms with E-state index in [1.54, 1.807) is 6.08 Å². The van der Waals surface area contributed by atoms with Gasteiger partial charge in [0.15, 0.2) is 0 Å². The second-order valence-electron chi connectivity index (χ2n) is 23.1. The highest BCUT2D eigenvalue weighted by Crippen LogP contribution is 2.43. The predicted octanol–water partition coefficient (Wildman–Crippen LogP) is 19.7. The first-order valence-corrected chi connectivity index (χ1v) is 33.4. The van der Waals surface area contributed by atoms with Gasteiger partial charge in [-0.3, -0.25) is 13.8 Å². The van der Waals surface area contributed by atoms with Crippen molar-refractivity contribution in [3.05, 3.63) is 36.5 Å². The lowest BCUT2D eigenvalue weighted by Crippen LogP contribution is -2.45. The minimum atomic E-state index is -4.35. The van der Waals surface area contributed by atoms with E-state index in [9.17, 15) is 19.4 Å². The Labute approximate surface area is 455 Å². The van der Waals surface area contributed by atoms with Crippen LogP contribution < -0.4 is 5.32 Å². The maximum absolute atomic E-state index is 13.0. The van der Waals surface area contributed by atoms with Gasteiger partial charge in [-0.15, -0.1) is 0 Å². The Balaban J connectivity index is 4.00. The highest BCUT2D eigenvalue weighted by Gasteiger charge is 2.28. The molecule has 0 bridgehead atoms. The Hall–Kier alpha value is -1.28. The molecule has 1 amide bonds. The van der Waals surface area contributed by atoms with Crippen LogP contribution in [0.25, 0.3) is 0 Å². The Morgan fingerprint density at radius 2 is 0.781 bits per heavy atom. The van der Waals surface area contributed by atoms with Gasteiger partial charge in [0.2, 0.25) is 5.91 Å². The smallest absolute Gasteiger partial charge is 0.387 e. The largest absolute Gasteiger partial charge is 0.472 e. The van der Waals surface area contributed by atoms with Gasteiger partial charge in [-0.2, -0.15) is 0 Å². The standard InChI is InChI=1S/C64H125N2O6P/c1-6-8-10-12-14-16-18-20-22-24-25-26-27-28-29-30-31-32-33-34-35-36-37-38-39-40-41-42-44-46-48-50-52-54-56-58-64(68)65-62(61-72-73(69,70)71-60-59-66(3,4)5)63(67)57-55-53-51-49-47-45-43-23-21-19-17-15-13-11-9-7-2/h27-28,30-31,55,57,62-63,67H,6-26,29,32-54,56,58-61H2,1-5H3,(H-,65,68,69,70)/p+1/b28-27-,31-30-,57-55+. The molecule has 0 aromatic rings. The van der Waals surface area contributed by atoms with Gasteiger partial charge in [0, 0.05) is 6.42 Å². The van der Waals surface area contributed by atoms with Crippen LogP contribution in [-0.4, -0.2) is 73.4 Å². The van der Waals surface area contributed by atoms with Crippen LogP contribution in [0.1, 0.15) is 316 Å². The van der Waals surface area contributed by atoms with E-state index in [0.29, 0.717) is 17.4 Å². The molecule has 3 N–H and O–H groups in total. The number of amides is 1. The molecule has 0 saturated heterocycles. The lowest BCUT2D eigenvalue weighted by Gasteiger charge is -2.25. The highest BCUT2D eigenvalue weighted by atomic mass is 31.2. The second kappa shape index (κ2) is 55.5. The molecule has 432 valence electrons. The summed E-state index contributed by atoms with van der Waals surface area (Å²) in [4.78, 5) is 23.3. The number of nitrogens with zero attached hydrogens (tertiary/aromatic N) is 1. The Morgan fingerprint density at radius 3 is 1.12 bits per heavy atom. The van der Waals surface area contributed by atoms with E-state index in [4.69, 9.17) is 9.05 Å². The van der Waals surface area contributed by atoms with E-state index in [0.717, 1.165) is 44.9 Å². The Morgan fingerprint density at radius 1 is 0.466 bits per heavy atom. The van der Waals surface area contributed by atoms with Gasteiger partial charge in [0.05, 0.1) is 39.9 Å². The number of hydrogen-bond donors (Lipinski definition) is 3. The number of carbonyl (C=O) groups is 1. The zero-order chi connectivity index (χ0) is 53.5. The number of aliphatic hydroxyl groups excluding tert-OH is 1. The highest BCUT2D eigenvalue weighted by molar-refractivity contribution is 7.47. The summed E-state index contributed by atoms with van der Waals surface area (Å²) in [5.41, 5.74) is 0. The number of carbonyl (C=O) groups excluding carboxylic acids is 1. The number of phosphoric acid groups is 1. The fourth-order valence-electron chi connectivity index (χ4n) is 9.61. The lowest BCUT2D eigenvalue weighted by atomic mass is 10.0. The number of unbranched alkanes of at least 4 members (excludes halogenated alkanes) is 42. The van der Waals surface area contributed by atoms with E-state index in [1.165, 1.54) is 250 Å². The van der Waals surface area contributed by atoms with Crippen molar-refractivity contribution < 1.29 is 32.9 Å². The third-order valence-electron chi connectivity index (χ3n) is 14.6. The molecule has 8 nitrogen and oxygen atoms in total. The number of quaternary nitrogens is 1. The number of rotatable bonds is 59. The average molecular weight is 1050 g/mol. The number of phosphoric ester groups is 1. The number of nitrogens with one attached hydrogen (secondary N) is 1. The monoisotopic (exact) mass is 1050 g/mol. The molecule has 9 heteroatoms. The number of aliphatic hydroxyl groups is 1. The fraction of sp³-hybridized carbons (Fsp3) is 0.891. The van der Waals surface area contributed by atoms with Crippen LogP contribution in [0.2, 0.25) is 0 Å². The van der Waals surface area contributed by atoms with Gasteiger partial charge in [-0.25, -0.2) is 4.57 Å². The molecule has 0 aliphatic rings. The fourth-order valence-corrected chi connectivity index (χ4v) is 10.3. The third kappa shape index (κ3) is 58.2. The first-order chi connectivity index (χ1) is 35.5. The van der Waals surface area contributed by atoms with Gasteiger partial charge in [-0.1, -0.05) is 294 Å². The summed E-state index contributed by atoms with van der Waals surface area (Å²) in [5.74, 6) is -0.173. The molecule has 0 radical (unpaired) electrons. The van der Waals surface area contributed by atoms with Crippen molar-refractivity contribution in [2.45, 2.75) is 328 Å². The van der Waals surface area contributed by atoms with Crippen LogP contribution in [0.15, 0.2) is 36.5 Å². The van der Waals surface area contributed by atoms with Crippen molar-refractivity contribution in [2.24, 2.45) is 0 Å². The molecule has 0 saturated carbocycles. The van der Waals surface area contributed by atoms with Crippen molar-refractivity contribution in [3.63, 3.8) is 0 Å². The number of hydrogen-bond acceptors (Lipinski definition) is 5. The molecule has 0 rings (SSSR count). The van der Waals surface area contributed by atoms with Crippen molar-refractivity contribution in [3.8, 4) is 0 Å². The van der Waals surface area contributed by atoms with E-state index in [-0.39, 0.29) is 19.1 Å². The molecule has 73 heavy (non-hydrogen) atoms.